The molecule has 2 heterocycles. The number of ether oxygens (including phenoxy) is 1. The van der Waals surface area contributed by atoms with E-state index in [2.05, 4.69) is 13.0 Å². The van der Waals surface area contributed by atoms with E-state index in [1.165, 1.54) is 16.1 Å². The van der Waals surface area contributed by atoms with Gasteiger partial charge in [0.25, 0.3) is 5.91 Å². The van der Waals surface area contributed by atoms with Gasteiger partial charge >= 0.3 is 0 Å². The molecule has 0 saturated carbocycles. The van der Waals surface area contributed by atoms with E-state index in [0.29, 0.717) is 43.8 Å². The first-order chi connectivity index (χ1) is 12.3. The monoisotopic (exact) mass is 378 g/mol. The zero-order valence-electron chi connectivity index (χ0n) is 15.3. The summed E-state index contributed by atoms with van der Waals surface area (Å²) in [5.41, 5.74) is 1.89. The van der Waals surface area contributed by atoms with Gasteiger partial charge in [0, 0.05) is 26.2 Å². The van der Waals surface area contributed by atoms with Gasteiger partial charge in [-0.05, 0) is 38.3 Å². The molecule has 1 amide bonds. The number of carbonyl (C=O) groups excluding carboxylic acids is 1. The number of amides is 1. The fraction of sp³-hybridized carbons (Fsp3) is 0.526. The van der Waals surface area contributed by atoms with Crippen molar-refractivity contribution < 1.29 is 17.9 Å². The van der Waals surface area contributed by atoms with Crippen LogP contribution in [0.5, 0.6) is 5.75 Å². The Morgan fingerprint density at radius 3 is 2.46 bits per heavy atom. The third kappa shape index (κ3) is 4.45. The topological polar surface area (TPSA) is 66.9 Å². The van der Waals surface area contributed by atoms with Crippen molar-refractivity contribution in [3.8, 4) is 5.75 Å². The molecular formula is C19H26N2O4S. The largest absolute Gasteiger partial charge is 0.489 e. The van der Waals surface area contributed by atoms with Gasteiger partial charge in [-0.25, -0.2) is 12.7 Å². The number of rotatable bonds is 4. The zero-order valence-corrected chi connectivity index (χ0v) is 16.2. The molecule has 1 aromatic carbocycles. The van der Waals surface area contributed by atoms with Gasteiger partial charge < -0.3 is 9.64 Å². The number of benzene rings is 1. The average Bonchev–Trinajstić information content (AvgIpc) is 2.62. The maximum atomic E-state index is 12.9. The van der Waals surface area contributed by atoms with Crippen molar-refractivity contribution in [2.45, 2.75) is 32.3 Å². The van der Waals surface area contributed by atoms with Crippen LogP contribution in [0.4, 0.5) is 0 Å². The van der Waals surface area contributed by atoms with Gasteiger partial charge in [-0.2, -0.15) is 0 Å². The highest BCUT2D eigenvalue weighted by Crippen LogP contribution is 2.26. The molecular weight excluding hydrogens is 352 g/mol. The maximum Gasteiger partial charge on any atom is 0.257 e. The molecule has 2 aliphatic heterocycles. The Morgan fingerprint density at radius 1 is 1.15 bits per heavy atom. The van der Waals surface area contributed by atoms with Gasteiger partial charge in [0.1, 0.15) is 11.9 Å². The molecule has 0 spiro atoms. The van der Waals surface area contributed by atoms with E-state index in [0.717, 1.165) is 13.0 Å². The third-order valence-corrected chi connectivity index (χ3v) is 6.31. The highest BCUT2D eigenvalue weighted by atomic mass is 32.2. The van der Waals surface area contributed by atoms with Gasteiger partial charge in [0.2, 0.25) is 10.0 Å². The van der Waals surface area contributed by atoms with Crippen LogP contribution in [0, 0.1) is 0 Å². The molecule has 7 heteroatoms. The summed E-state index contributed by atoms with van der Waals surface area (Å²) >= 11 is 0. The summed E-state index contributed by atoms with van der Waals surface area (Å²) in [4.78, 5) is 14.7. The van der Waals surface area contributed by atoms with Crippen LogP contribution in [0.3, 0.4) is 0 Å². The predicted molar refractivity (Wildman–Crippen MR) is 101 cm³/mol. The minimum Gasteiger partial charge on any atom is -0.489 e. The molecule has 0 radical (unpaired) electrons. The number of sulfonamides is 1. The smallest absolute Gasteiger partial charge is 0.257 e. The molecule has 2 aliphatic rings. The van der Waals surface area contributed by atoms with Crippen LogP contribution in [0.1, 0.15) is 36.5 Å². The van der Waals surface area contributed by atoms with E-state index in [9.17, 15) is 13.2 Å². The lowest BCUT2D eigenvalue weighted by Gasteiger charge is -2.31. The minimum atomic E-state index is -3.15. The van der Waals surface area contributed by atoms with Gasteiger partial charge in [-0.15, -0.1) is 0 Å². The van der Waals surface area contributed by atoms with Crippen LogP contribution in [0.15, 0.2) is 35.9 Å². The Hall–Kier alpha value is -1.86. The molecule has 0 unspecified atom stereocenters. The normalized spacial score (nSPS) is 19.9. The summed E-state index contributed by atoms with van der Waals surface area (Å²) in [6.07, 6.45) is 5.40. The Labute approximate surface area is 155 Å². The quantitative estimate of drug-likeness (QED) is 0.754. The lowest BCUT2D eigenvalue weighted by Crippen LogP contribution is -2.41. The first-order valence-corrected chi connectivity index (χ1v) is 10.8. The molecule has 3 rings (SSSR count). The van der Waals surface area contributed by atoms with E-state index < -0.39 is 10.0 Å². The zero-order chi connectivity index (χ0) is 18.7. The second-order valence-corrected chi connectivity index (χ2v) is 9.01. The number of hydrogen-bond donors (Lipinski definition) is 0. The molecule has 26 heavy (non-hydrogen) atoms. The highest BCUT2D eigenvalue weighted by molar-refractivity contribution is 7.88. The van der Waals surface area contributed by atoms with E-state index in [1.807, 2.05) is 23.1 Å². The average molecular weight is 378 g/mol. The van der Waals surface area contributed by atoms with Crippen molar-refractivity contribution >= 4 is 15.9 Å². The molecule has 1 aromatic rings. The predicted octanol–water partition coefficient (Wildman–Crippen LogP) is 2.28. The molecule has 0 bridgehead atoms. The van der Waals surface area contributed by atoms with Gasteiger partial charge in [-0.3, -0.25) is 4.79 Å². The lowest BCUT2D eigenvalue weighted by atomic mass is 10.1. The number of para-hydroxylation sites is 1. The van der Waals surface area contributed by atoms with Gasteiger partial charge in [0.05, 0.1) is 11.8 Å². The Kier molecular flexibility index (Phi) is 5.67. The van der Waals surface area contributed by atoms with E-state index in [4.69, 9.17) is 4.74 Å². The molecule has 0 atom stereocenters. The van der Waals surface area contributed by atoms with E-state index >= 15 is 0 Å². The number of carbonyl (C=O) groups is 1. The van der Waals surface area contributed by atoms with Crippen molar-refractivity contribution in [3.05, 3.63) is 41.5 Å². The highest BCUT2D eigenvalue weighted by Gasteiger charge is 2.27. The van der Waals surface area contributed by atoms with E-state index in [1.54, 1.807) is 6.07 Å². The second kappa shape index (κ2) is 7.80. The first-order valence-electron chi connectivity index (χ1n) is 9.00. The number of nitrogens with zero attached hydrogens (tertiary/aromatic N) is 2. The van der Waals surface area contributed by atoms with Crippen molar-refractivity contribution in [1.29, 1.82) is 0 Å². The summed E-state index contributed by atoms with van der Waals surface area (Å²) in [6, 6.07) is 7.32. The molecule has 142 valence electrons. The Balaban J connectivity index is 1.67. The first kappa shape index (κ1) is 18.9. The van der Waals surface area contributed by atoms with Gasteiger partial charge in [0.15, 0.2) is 0 Å². The van der Waals surface area contributed by atoms with Crippen LogP contribution < -0.4 is 4.74 Å². The SMILES string of the molecule is CC1=CCN(C(=O)c2ccccc2OC2CCN(S(C)(=O)=O)CC2)CC1. The Bertz CT molecular complexity index is 796. The standard InChI is InChI=1S/C19H26N2O4S/c1-15-7-11-20(12-8-15)19(22)17-5-3-4-6-18(17)25-16-9-13-21(14-10-16)26(2,23)24/h3-7,16H,8-14H2,1-2H3. The van der Waals surface area contributed by atoms with Crippen molar-refractivity contribution in [2.75, 3.05) is 32.4 Å². The summed E-state index contributed by atoms with van der Waals surface area (Å²) in [5.74, 6) is 0.569. The summed E-state index contributed by atoms with van der Waals surface area (Å²) in [6.45, 7) is 4.35. The molecule has 0 aliphatic carbocycles. The summed E-state index contributed by atoms with van der Waals surface area (Å²) in [7, 11) is -3.15. The van der Waals surface area contributed by atoms with Crippen LogP contribution in [0.25, 0.3) is 0 Å². The van der Waals surface area contributed by atoms with Crippen molar-refractivity contribution in [3.63, 3.8) is 0 Å². The van der Waals surface area contributed by atoms with E-state index in [-0.39, 0.29) is 12.0 Å². The molecule has 1 saturated heterocycles. The van der Waals surface area contributed by atoms with Gasteiger partial charge in [-0.1, -0.05) is 23.8 Å². The molecule has 0 aromatic heterocycles. The van der Waals surface area contributed by atoms with Crippen molar-refractivity contribution in [1.82, 2.24) is 9.21 Å². The molecule has 0 N–H and O–H groups in total. The van der Waals surface area contributed by atoms with Crippen LogP contribution in [-0.4, -0.2) is 62.1 Å². The summed E-state index contributed by atoms with van der Waals surface area (Å²) < 4.78 is 30.8. The Morgan fingerprint density at radius 2 is 1.85 bits per heavy atom. The van der Waals surface area contributed by atoms with Crippen molar-refractivity contribution in [2.24, 2.45) is 0 Å². The van der Waals surface area contributed by atoms with Crippen LogP contribution >= 0.6 is 0 Å². The molecule has 1 fully saturated rings. The maximum absolute atomic E-state index is 12.9. The third-order valence-electron chi connectivity index (χ3n) is 5.00. The van der Waals surface area contributed by atoms with Crippen LogP contribution in [-0.2, 0) is 10.0 Å². The number of hydrogen-bond acceptors (Lipinski definition) is 4. The summed E-state index contributed by atoms with van der Waals surface area (Å²) in [5, 5.41) is 0. The number of piperidine rings is 1. The lowest BCUT2D eigenvalue weighted by molar-refractivity contribution is 0.0756. The van der Waals surface area contributed by atoms with Crippen LogP contribution in [0.2, 0.25) is 0 Å². The fourth-order valence-electron chi connectivity index (χ4n) is 3.33. The minimum absolute atomic E-state index is 0.0158. The molecule has 6 nitrogen and oxygen atoms in total. The fourth-order valence-corrected chi connectivity index (χ4v) is 4.21. The second-order valence-electron chi connectivity index (χ2n) is 7.03.